The van der Waals surface area contributed by atoms with Gasteiger partial charge in [-0.1, -0.05) is 35.8 Å². The summed E-state index contributed by atoms with van der Waals surface area (Å²) in [6.07, 6.45) is 4.74. The summed E-state index contributed by atoms with van der Waals surface area (Å²) in [7, 11) is 0. The Balaban J connectivity index is 1.29. The molecule has 2 aromatic heterocycles. The first kappa shape index (κ1) is 27.6. The summed E-state index contributed by atoms with van der Waals surface area (Å²) in [4.78, 5) is 37.8. The van der Waals surface area contributed by atoms with Crippen molar-refractivity contribution in [2.45, 2.75) is 90.7 Å². The van der Waals surface area contributed by atoms with E-state index in [-0.39, 0.29) is 36.0 Å². The van der Waals surface area contributed by atoms with Crippen LogP contribution in [0.4, 0.5) is 10.6 Å². The second-order valence-electron chi connectivity index (χ2n) is 12.4. The first-order chi connectivity index (χ1) is 18.8. The van der Waals surface area contributed by atoms with Crippen LogP contribution in [0.1, 0.15) is 99.6 Å². The largest absolute Gasteiger partial charge is 0.444 e. The van der Waals surface area contributed by atoms with E-state index in [0.717, 1.165) is 11.3 Å². The molecule has 1 unspecified atom stereocenters. The smallest absolute Gasteiger partial charge is 0.413 e. The van der Waals surface area contributed by atoms with Crippen LogP contribution in [-0.2, 0) is 22.4 Å². The molecule has 2 heterocycles. The molecule has 3 N–H and O–H groups in total. The van der Waals surface area contributed by atoms with E-state index in [4.69, 9.17) is 15.0 Å². The highest BCUT2D eigenvalue weighted by Gasteiger charge is 2.59. The summed E-state index contributed by atoms with van der Waals surface area (Å²) >= 11 is 0. The Morgan fingerprint density at radius 2 is 1.88 bits per heavy atom. The molecule has 1 aromatic carbocycles. The van der Waals surface area contributed by atoms with E-state index in [1.807, 2.05) is 32.0 Å². The SMILES string of the molecule is CC(C)n1nc(-c2ccc(CC(=O)Cc3cc(C4CC45CCC5)no3)cc2)c(C(N)=O)c1NC(=O)OC(C)(C)C. The van der Waals surface area contributed by atoms with Gasteiger partial charge in [-0.15, -0.1) is 0 Å². The molecule has 0 saturated heterocycles. The van der Waals surface area contributed by atoms with Crippen LogP contribution in [0.25, 0.3) is 11.3 Å². The molecule has 0 aliphatic heterocycles. The summed E-state index contributed by atoms with van der Waals surface area (Å²) in [5.41, 5.74) is 8.35. The Labute approximate surface area is 233 Å². The number of nitrogens with two attached hydrogens (primary N) is 1. The minimum Gasteiger partial charge on any atom is -0.444 e. The van der Waals surface area contributed by atoms with Crippen molar-refractivity contribution in [2.24, 2.45) is 11.1 Å². The van der Waals surface area contributed by atoms with Crippen LogP contribution in [0.3, 0.4) is 0 Å². The maximum Gasteiger partial charge on any atom is 0.413 e. The van der Waals surface area contributed by atoms with Crippen molar-refractivity contribution < 1.29 is 23.6 Å². The maximum absolute atomic E-state index is 12.8. The van der Waals surface area contributed by atoms with Gasteiger partial charge in [-0.25, -0.2) is 9.48 Å². The molecule has 2 aliphatic rings. The van der Waals surface area contributed by atoms with Gasteiger partial charge in [0.05, 0.1) is 12.1 Å². The number of carbonyl (C=O) groups excluding carboxylic acids is 3. The number of benzene rings is 1. The summed E-state index contributed by atoms with van der Waals surface area (Å²) in [5.74, 6) is 0.564. The number of ketones is 1. The maximum atomic E-state index is 12.8. The molecular formula is C30H37N5O5. The fourth-order valence-electron chi connectivity index (χ4n) is 5.55. The number of carbonyl (C=O) groups is 3. The molecule has 0 radical (unpaired) electrons. The Hall–Kier alpha value is -3.95. The molecule has 2 amide bonds. The van der Waals surface area contributed by atoms with Crippen LogP contribution >= 0.6 is 0 Å². The molecule has 5 rings (SSSR count). The van der Waals surface area contributed by atoms with E-state index in [1.54, 1.807) is 32.9 Å². The number of primary amides is 1. The van der Waals surface area contributed by atoms with Crippen molar-refractivity contribution in [3.8, 4) is 11.3 Å². The van der Waals surface area contributed by atoms with Crippen molar-refractivity contribution in [2.75, 3.05) is 5.32 Å². The number of ether oxygens (including phenoxy) is 1. The predicted octanol–water partition coefficient (Wildman–Crippen LogP) is 5.58. The van der Waals surface area contributed by atoms with Crippen LogP contribution in [-0.4, -0.2) is 38.3 Å². The molecule has 10 nitrogen and oxygen atoms in total. The van der Waals surface area contributed by atoms with E-state index < -0.39 is 17.6 Å². The Morgan fingerprint density at radius 3 is 2.42 bits per heavy atom. The molecule has 212 valence electrons. The fourth-order valence-corrected chi connectivity index (χ4v) is 5.55. The normalized spacial score (nSPS) is 17.5. The zero-order valence-electron chi connectivity index (χ0n) is 23.7. The van der Waals surface area contributed by atoms with Gasteiger partial charge in [0, 0.05) is 30.0 Å². The first-order valence-electron chi connectivity index (χ1n) is 13.8. The van der Waals surface area contributed by atoms with E-state index in [0.29, 0.717) is 28.4 Å². The minimum absolute atomic E-state index is 0.0235. The molecule has 2 saturated carbocycles. The highest BCUT2D eigenvalue weighted by atomic mass is 16.6. The van der Waals surface area contributed by atoms with Gasteiger partial charge >= 0.3 is 6.09 Å². The predicted molar refractivity (Wildman–Crippen MR) is 149 cm³/mol. The zero-order chi connectivity index (χ0) is 28.8. The molecule has 1 spiro atoms. The van der Waals surface area contributed by atoms with Crippen LogP contribution in [0.15, 0.2) is 34.9 Å². The number of nitrogens with one attached hydrogen (secondary N) is 1. The number of hydrogen-bond acceptors (Lipinski definition) is 7. The third-order valence-corrected chi connectivity index (χ3v) is 7.74. The van der Waals surface area contributed by atoms with Crippen molar-refractivity contribution in [1.82, 2.24) is 14.9 Å². The van der Waals surface area contributed by atoms with Crippen molar-refractivity contribution >= 4 is 23.6 Å². The van der Waals surface area contributed by atoms with Crippen LogP contribution in [0, 0.1) is 5.41 Å². The number of rotatable bonds is 9. The van der Waals surface area contributed by atoms with E-state index in [2.05, 4.69) is 15.6 Å². The number of Topliss-reactive ketones (excluding diaryl/α,β-unsaturated/α-hetero) is 1. The molecule has 0 bridgehead atoms. The number of nitrogens with zero attached hydrogens (tertiary/aromatic N) is 3. The van der Waals surface area contributed by atoms with Crippen molar-refractivity contribution in [3.63, 3.8) is 0 Å². The zero-order valence-corrected chi connectivity index (χ0v) is 23.7. The topological polar surface area (TPSA) is 142 Å². The lowest BCUT2D eigenvalue weighted by atomic mass is 9.79. The molecular weight excluding hydrogens is 510 g/mol. The standard InChI is InChI=1S/C30H37N5O5/c1-17(2)35-27(32-28(38)39-29(3,4)5)24(26(31)37)25(33-35)19-9-7-18(8-10-19)13-20(36)14-21-15-23(34-40-21)22-16-30(22)11-6-12-30/h7-10,15,17,22H,6,11-14,16H2,1-5H3,(H2,31,37)(H,32,38). The summed E-state index contributed by atoms with van der Waals surface area (Å²) in [6.45, 7) is 9.01. The van der Waals surface area contributed by atoms with Crippen LogP contribution < -0.4 is 11.1 Å². The summed E-state index contributed by atoms with van der Waals surface area (Å²) in [6, 6.07) is 8.99. The van der Waals surface area contributed by atoms with Gasteiger partial charge in [0.1, 0.15) is 34.2 Å². The Kier molecular flexibility index (Phi) is 7.06. The Bertz CT molecular complexity index is 1440. The Morgan fingerprint density at radius 1 is 1.18 bits per heavy atom. The quantitative estimate of drug-likeness (QED) is 0.356. The number of anilines is 1. The lowest BCUT2D eigenvalue weighted by Crippen LogP contribution is -2.29. The van der Waals surface area contributed by atoms with Crippen molar-refractivity contribution in [3.05, 3.63) is 52.9 Å². The first-order valence-corrected chi connectivity index (χ1v) is 13.8. The van der Waals surface area contributed by atoms with Crippen LogP contribution in [0.5, 0.6) is 0 Å². The number of amides is 2. The number of aromatic nitrogens is 3. The summed E-state index contributed by atoms with van der Waals surface area (Å²) in [5, 5.41) is 11.5. The van der Waals surface area contributed by atoms with Crippen LogP contribution in [0.2, 0.25) is 0 Å². The van der Waals surface area contributed by atoms with E-state index in [1.165, 1.54) is 30.4 Å². The summed E-state index contributed by atoms with van der Waals surface area (Å²) < 4.78 is 12.4. The minimum atomic E-state index is -0.729. The molecule has 40 heavy (non-hydrogen) atoms. The van der Waals surface area contributed by atoms with E-state index >= 15 is 0 Å². The average molecular weight is 548 g/mol. The molecule has 3 aromatic rings. The highest BCUT2D eigenvalue weighted by molar-refractivity contribution is 6.06. The van der Waals surface area contributed by atoms with Gasteiger partial charge < -0.3 is 15.0 Å². The molecule has 2 fully saturated rings. The lowest BCUT2D eigenvalue weighted by molar-refractivity contribution is -0.118. The number of hydrogen-bond donors (Lipinski definition) is 2. The lowest BCUT2D eigenvalue weighted by Gasteiger charge is -2.25. The second-order valence-corrected chi connectivity index (χ2v) is 12.4. The molecule has 2 aliphatic carbocycles. The van der Waals surface area contributed by atoms with Gasteiger partial charge in [-0.2, -0.15) is 5.10 Å². The van der Waals surface area contributed by atoms with Gasteiger partial charge in [0.25, 0.3) is 5.91 Å². The van der Waals surface area contributed by atoms with Gasteiger partial charge in [0.15, 0.2) is 0 Å². The third-order valence-electron chi connectivity index (χ3n) is 7.74. The monoisotopic (exact) mass is 547 g/mol. The second kappa shape index (κ2) is 10.2. The van der Waals surface area contributed by atoms with Crippen molar-refractivity contribution in [1.29, 1.82) is 0 Å². The molecule has 10 heteroatoms. The average Bonchev–Trinajstić information content (AvgIpc) is 3.26. The third kappa shape index (κ3) is 5.66. The van der Waals surface area contributed by atoms with Gasteiger partial charge in [0.2, 0.25) is 0 Å². The highest BCUT2D eigenvalue weighted by Crippen LogP contribution is 2.69. The van der Waals surface area contributed by atoms with Gasteiger partial charge in [-0.3, -0.25) is 14.9 Å². The molecule has 1 atom stereocenters. The van der Waals surface area contributed by atoms with E-state index in [9.17, 15) is 14.4 Å². The van der Waals surface area contributed by atoms with Gasteiger partial charge in [-0.05, 0) is 64.9 Å². The fraction of sp³-hybridized carbons (Fsp3) is 0.500.